The van der Waals surface area contributed by atoms with Crippen molar-refractivity contribution in [2.24, 2.45) is 0 Å². The summed E-state index contributed by atoms with van der Waals surface area (Å²) in [6.07, 6.45) is 1.77. The number of benzene rings is 2. The molecule has 0 N–H and O–H groups in total. The third kappa shape index (κ3) is 2.63. The second kappa shape index (κ2) is 5.92. The molecule has 1 aromatic heterocycles. The molecule has 27 heavy (non-hydrogen) atoms. The van der Waals surface area contributed by atoms with Gasteiger partial charge in [0.05, 0.1) is 10.4 Å². The van der Waals surface area contributed by atoms with Gasteiger partial charge in [0, 0.05) is 55.4 Å². The molecule has 1 fully saturated rings. The molecule has 2 aliphatic rings. The largest absolute Gasteiger partial charge is 0.304 e. The highest BCUT2D eigenvalue weighted by molar-refractivity contribution is 7.90. The molecule has 5 rings (SSSR count). The third-order valence-electron chi connectivity index (χ3n) is 5.80. The van der Waals surface area contributed by atoms with Gasteiger partial charge in [-0.3, -0.25) is 4.90 Å². The van der Waals surface area contributed by atoms with E-state index in [4.69, 9.17) is 0 Å². The second-order valence-corrected chi connectivity index (χ2v) is 9.56. The maximum atomic E-state index is 13.3. The molecule has 0 atom stereocenters. The second-order valence-electron chi connectivity index (χ2n) is 7.77. The van der Waals surface area contributed by atoms with Gasteiger partial charge in [0.2, 0.25) is 0 Å². The molecule has 2 bridgehead atoms. The van der Waals surface area contributed by atoms with Crippen molar-refractivity contribution >= 4 is 20.9 Å². The average Bonchev–Trinajstić information content (AvgIpc) is 2.99. The number of hydrogen-bond donors (Lipinski definition) is 0. The van der Waals surface area contributed by atoms with Crippen LogP contribution in [-0.4, -0.2) is 55.4 Å². The lowest BCUT2D eigenvalue weighted by molar-refractivity contribution is 0.148. The van der Waals surface area contributed by atoms with Gasteiger partial charge in [-0.25, -0.2) is 12.4 Å². The van der Waals surface area contributed by atoms with Crippen LogP contribution in [0, 0.1) is 6.92 Å². The van der Waals surface area contributed by atoms with Crippen molar-refractivity contribution in [3.8, 4) is 11.1 Å². The van der Waals surface area contributed by atoms with Crippen LogP contribution in [0.1, 0.15) is 11.1 Å². The van der Waals surface area contributed by atoms with Crippen molar-refractivity contribution in [3.63, 3.8) is 0 Å². The van der Waals surface area contributed by atoms with Gasteiger partial charge < -0.3 is 4.90 Å². The number of hydrogen-bond acceptors (Lipinski definition) is 4. The van der Waals surface area contributed by atoms with Gasteiger partial charge in [0.15, 0.2) is 0 Å². The number of aryl methyl sites for hydroxylation is 1. The minimum Gasteiger partial charge on any atom is -0.304 e. The zero-order valence-corrected chi connectivity index (χ0v) is 16.5. The summed E-state index contributed by atoms with van der Waals surface area (Å²) < 4.78 is 28.0. The molecule has 0 saturated carbocycles. The third-order valence-corrected chi connectivity index (χ3v) is 7.52. The van der Waals surface area contributed by atoms with E-state index in [2.05, 4.69) is 22.9 Å². The van der Waals surface area contributed by atoms with E-state index in [1.807, 2.05) is 37.3 Å². The summed E-state index contributed by atoms with van der Waals surface area (Å²) >= 11 is 0. The SMILES string of the molecule is Cc1ccc2c3cn(c2c1)S(=O)(=O)c1cc(CN2CCN(C)CC2)ccc1-3. The van der Waals surface area contributed by atoms with Gasteiger partial charge in [-0.2, -0.15) is 0 Å². The summed E-state index contributed by atoms with van der Waals surface area (Å²) in [4.78, 5) is 5.15. The van der Waals surface area contributed by atoms with Crippen LogP contribution >= 0.6 is 0 Å². The molecule has 0 aliphatic carbocycles. The first-order valence-corrected chi connectivity index (χ1v) is 10.8. The summed E-state index contributed by atoms with van der Waals surface area (Å²) in [5.41, 5.74) is 4.70. The van der Waals surface area contributed by atoms with Crippen LogP contribution in [0.4, 0.5) is 0 Å². The summed E-state index contributed by atoms with van der Waals surface area (Å²) in [5.74, 6) is 0. The van der Waals surface area contributed by atoms with Gasteiger partial charge in [-0.1, -0.05) is 24.3 Å². The minimum absolute atomic E-state index is 0.431. The highest BCUT2D eigenvalue weighted by Gasteiger charge is 2.31. The fourth-order valence-electron chi connectivity index (χ4n) is 4.19. The first-order valence-electron chi connectivity index (χ1n) is 9.35. The van der Waals surface area contributed by atoms with Gasteiger partial charge >= 0.3 is 0 Å². The molecule has 0 unspecified atom stereocenters. The van der Waals surface area contributed by atoms with Crippen LogP contribution in [0.25, 0.3) is 22.0 Å². The van der Waals surface area contributed by atoms with Crippen molar-refractivity contribution < 1.29 is 8.42 Å². The normalized spacial score (nSPS) is 19.3. The summed E-state index contributed by atoms with van der Waals surface area (Å²) in [6, 6.07) is 12.0. The van der Waals surface area contributed by atoms with Crippen molar-refractivity contribution in [3.05, 3.63) is 53.7 Å². The fourth-order valence-corrected chi connectivity index (χ4v) is 5.82. The number of fused-ring (bicyclic) bond motifs is 7. The van der Waals surface area contributed by atoms with Crippen LogP contribution in [0.3, 0.4) is 0 Å². The lowest BCUT2D eigenvalue weighted by atomic mass is 10.0. The van der Waals surface area contributed by atoms with Crippen molar-refractivity contribution in [2.75, 3.05) is 33.2 Å². The highest BCUT2D eigenvalue weighted by atomic mass is 32.2. The topological polar surface area (TPSA) is 45.6 Å². The zero-order chi connectivity index (χ0) is 18.8. The molecular weight excluding hydrogens is 358 g/mol. The van der Waals surface area contributed by atoms with E-state index >= 15 is 0 Å². The van der Waals surface area contributed by atoms with E-state index in [9.17, 15) is 8.42 Å². The molecule has 140 valence electrons. The highest BCUT2D eigenvalue weighted by Crippen LogP contribution is 2.42. The molecule has 2 aliphatic heterocycles. The standard InChI is InChI=1S/C21H23N3O2S/c1-15-3-5-17-19-14-24(20(17)11-15)27(25,26)21-12-16(4-6-18(19)21)13-23-9-7-22(2)8-10-23/h3-6,11-12,14H,7-10,13H2,1-2H3. The Morgan fingerprint density at radius 2 is 1.74 bits per heavy atom. The van der Waals surface area contributed by atoms with Crippen LogP contribution in [0.15, 0.2) is 47.5 Å². The quantitative estimate of drug-likeness (QED) is 0.536. The van der Waals surface area contributed by atoms with Crippen LogP contribution in [-0.2, 0) is 16.6 Å². The van der Waals surface area contributed by atoms with Crippen LogP contribution < -0.4 is 0 Å². The van der Waals surface area contributed by atoms with Crippen LogP contribution in [0.2, 0.25) is 0 Å². The number of likely N-dealkylation sites (N-methyl/N-ethyl adjacent to an activating group) is 1. The molecule has 5 nitrogen and oxygen atoms in total. The molecule has 0 radical (unpaired) electrons. The Morgan fingerprint density at radius 1 is 0.963 bits per heavy atom. The molecule has 6 heteroatoms. The number of piperazine rings is 1. The van der Waals surface area contributed by atoms with Crippen molar-refractivity contribution in [1.82, 2.24) is 13.8 Å². The summed E-state index contributed by atoms with van der Waals surface area (Å²) in [7, 11) is -1.42. The Kier molecular flexibility index (Phi) is 3.73. The fraction of sp³-hybridized carbons (Fsp3) is 0.333. The Bertz CT molecular complexity index is 1160. The smallest absolute Gasteiger partial charge is 0.268 e. The monoisotopic (exact) mass is 381 g/mol. The van der Waals surface area contributed by atoms with Gasteiger partial charge in [0.25, 0.3) is 10.0 Å². The molecule has 0 amide bonds. The number of nitrogens with zero attached hydrogens (tertiary/aromatic N) is 3. The van der Waals surface area contributed by atoms with Gasteiger partial charge in [-0.15, -0.1) is 0 Å². The number of aromatic nitrogens is 1. The van der Waals surface area contributed by atoms with E-state index < -0.39 is 10.0 Å². The number of rotatable bonds is 2. The Labute approximate surface area is 159 Å². The molecule has 0 spiro atoms. The first-order chi connectivity index (χ1) is 12.9. The Hall–Kier alpha value is -2.15. The van der Waals surface area contributed by atoms with E-state index in [1.165, 1.54) is 3.97 Å². The van der Waals surface area contributed by atoms with E-state index in [-0.39, 0.29) is 0 Å². The molecule has 3 heterocycles. The van der Waals surface area contributed by atoms with Crippen molar-refractivity contribution in [2.45, 2.75) is 18.4 Å². The lowest BCUT2D eigenvalue weighted by Crippen LogP contribution is -2.43. The summed E-state index contributed by atoms with van der Waals surface area (Å²) in [5, 5.41) is 0.995. The maximum Gasteiger partial charge on any atom is 0.268 e. The molecule has 3 aromatic rings. The lowest BCUT2D eigenvalue weighted by Gasteiger charge is -2.32. The zero-order valence-electron chi connectivity index (χ0n) is 15.6. The first kappa shape index (κ1) is 17.0. The maximum absolute atomic E-state index is 13.3. The summed E-state index contributed by atoms with van der Waals surface area (Å²) in [6.45, 7) is 6.92. The minimum atomic E-state index is -3.56. The molecular formula is C21H23N3O2S. The Balaban J connectivity index is 1.59. The Morgan fingerprint density at radius 3 is 2.52 bits per heavy atom. The van der Waals surface area contributed by atoms with Crippen molar-refractivity contribution in [1.29, 1.82) is 0 Å². The van der Waals surface area contributed by atoms with Crippen LogP contribution in [0.5, 0.6) is 0 Å². The predicted molar refractivity (Wildman–Crippen MR) is 107 cm³/mol. The van der Waals surface area contributed by atoms with E-state index in [0.717, 1.165) is 65.9 Å². The predicted octanol–water partition coefficient (Wildman–Crippen LogP) is 2.91. The van der Waals surface area contributed by atoms with Gasteiger partial charge in [0.1, 0.15) is 0 Å². The van der Waals surface area contributed by atoms with E-state index in [1.54, 1.807) is 6.20 Å². The molecule has 1 saturated heterocycles. The van der Waals surface area contributed by atoms with E-state index in [0.29, 0.717) is 4.90 Å². The average molecular weight is 382 g/mol. The molecule has 2 aromatic carbocycles. The van der Waals surface area contributed by atoms with Gasteiger partial charge in [-0.05, 0) is 37.2 Å².